The Morgan fingerprint density at radius 2 is 2.15 bits per heavy atom. The fourth-order valence-corrected chi connectivity index (χ4v) is 3.66. The maximum Gasteiger partial charge on any atom is 0.115 e. The third kappa shape index (κ3) is 1.96. The van der Waals surface area contributed by atoms with Crippen molar-refractivity contribution in [1.29, 1.82) is 0 Å². The zero-order valence-corrected chi connectivity index (χ0v) is 10.4. The molecule has 0 fully saturated rings. The molecule has 0 saturated carbocycles. The van der Waals surface area contributed by atoms with E-state index in [1.165, 1.54) is 0 Å². The molecule has 1 N–H and O–H groups in total. The van der Waals surface area contributed by atoms with Crippen molar-refractivity contribution in [1.82, 2.24) is 0 Å². The van der Waals surface area contributed by atoms with E-state index in [4.69, 9.17) is 0 Å². The first-order valence-corrected chi connectivity index (χ1v) is 6.62. The van der Waals surface area contributed by atoms with E-state index < -0.39 is 6.10 Å². The molecule has 0 aliphatic carbocycles. The summed E-state index contributed by atoms with van der Waals surface area (Å²) in [5.41, 5.74) is 0.991. The molecule has 2 aromatic heterocycles. The Kier molecular flexibility index (Phi) is 3.02. The molecule has 0 saturated heterocycles. The zero-order chi connectivity index (χ0) is 9.26. The van der Waals surface area contributed by atoms with Crippen LogP contribution in [0.1, 0.15) is 16.5 Å². The molecular weight excluding hydrogens is 315 g/mol. The van der Waals surface area contributed by atoms with Crippen molar-refractivity contribution < 1.29 is 5.11 Å². The SMILES string of the molecule is OC(c1ccsc1)c1sccc1I. The van der Waals surface area contributed by atoms with Crippen LogP contribution < -0.4 is 0 Å². The van der Waals surface area contributed by atoms with Gasteiger partial charge in [-0.05, 0) is 56.4 Å². The Bertz CT molecular complexity index is 380. The minimum absolute atomic E-state index is 0.446. The summed E-state index contributed by atoms with van der Waals surface area (Å²) in [7, 11) is 0. The van der Waals surface area contributed by atoms with Gasteiger partial charge in [0.1, 0.15) is 6.10 Å². The molecule has 0 spiro atoms. The van der Waals surface area contributed by atoms with E-state index >= 15 is 0 Å². The molecule has 1 atom stereocenters. The van der Waals surface area contributed by atoms with Crippen LogP contribution in [0.4, 0.5) is 0 Å². The first-order valence-electron chi connectivity index (χ1n) is 3.72. The molecule has 2 heterocycles. The van der Waals surface area contributed by atoms with Crippen LogP contribution in [0.2, 0.25) is 0 Å². The molecule has 0 aliphatic rings. The highest BCUT2D eigenvalue weighted by molar-refractivity contribution is 14.1. The first-order chi connectivity index (χ1) is 6.29. The molecule has 4 heteroatoms. The molecule has 1 nitrogen and oxygen atoms in total. The van der Waals surface area contributed by atoms with Crippen LogP contribution in [-0.4, -0.2) is 5.11 Å². The van der Waals surface area contributed by atoms with E-state index in [9.17, 15) is 5.11 Å². The van der Waals surface area contributed by atoms with Crippen molar-refractivity contribution in [2.45, 2.75) is 6.10 Å². The van der Waals surface area contributed by atoms with Gasteiger partial charge in [-0.25, -0.2) is 0 Å². The van der Waals surface area contributed by atoms with Crippen molar-refractivity contribution in [2.75, 3.05) is 0 Å². The Morgan fingerprint density at radius 3 is 2.69 bits per heavy atom. The highest BCUT2D eigenvalue weighted by Crippen LogP contribution is 2.31. The van der Waals surface area contributed by atoms with E-state index in [-0.39, 0.29) is 0 Å². The highest BCUT2D eigenvalue weighted by Gasteiger charge is 2.14. The van der Waals surface area contributed by atoms with Gasteiger partial charge in [-0.2, -0.15) is 11.3 Å². The van der Waals surface area contributed by atoms with Gasteiger partial charge in [0.05, 0.1) is 4.88 Å². The van der Waals surface area contributed by atoms with Crippen molar-refractivity contribution in [2.24, 2.45) is 0 Å². The summed E-state index contributed by atoms with van der Waals surface area (Å²) in [5, 5.41) is 15.9. The summed E-state index contributed by atoms with van der Waals surface area (Å²) in [6.45, 7) is 0. The fraction of sp³-hybridized carbons (Fsp3) is 0.111. The highest BCUT2D eigenvalue weighted by atomic mass is 127. The number of hydrogen-bond donors (Lipinski definition) is 1. The minimum Gasteiger partial charge on any atom is -0.383 e. The van der Waals surface area contributed by atoms with Gasteiger partial charge in [-0.15, -0.1) is 11.3 Å². The predicted octanol–water partition coefficient (Wildman–Crippen LogP) is 3.50. The van der Waals surface area contributed by atoms with Gasteiger partial charge in [0, 0.05) is 3.57 Å². The summed E-state index contributed by atoms with van der Waals surface area (Å²) >= 11 is 5.47. The first kappa shape index (κ1) is 9.64. The molecule has 2 aromatic rings. The molecule has 0 aliphatic heterocycles. The number of rotatable bonds is 2. The van der Waals surface area contributed by atoms with Crippen molar-refractivity contribution in [3.63, 3.8) is 0 Å². The van der Waals surface area contributed by atoms with Gasteiger partial charge in [0.15, 0.2) is 0 Å². The number of aliphatic hydroxyl groups excluding tert-OH is 1. The maximum absolute atomic E-state index is 9.96. The van der Waals surface area contributed by atoms with Crippen molar-refractivity contribution >= 4 is 45.3 Å². The Hall–Kier alpha value is 0.0900. The van der Waals surface area contributed by atoms with Crippen LogP contribution in [0.25, 0.3) is 0 Å². The Balaban J connectivity index is 2.33. The largest absolute Gasteiger partial charge is 0.383 e. The van der Waals surface area contributed by atoms with E-state index in [0.717, 1.165) is 14.0 Å². The minimum atomic E-state index is -0.446. The lowest BCUT2D eigenvalue weighted by Gasteiger charge is -2.06. The van der Waals surface area contributed by atoms with Gasteiger partial charge in [0.25, 0.3) is 0 Å². The fourth-order valence-electron chi connectivity index (χ4n) is 1.08. The third-order valence-electron chi connectivity index (χ3n) is 1.75. The van der Waals surface area contributed by atoms with Gasteiger partial charge in [0.2, 0.25) is 0 Å². The monoisotopic (exact) mass is 322 g/mol. The summed E-state index contributed by atoms with van der Waals surface area (Å²) in [4.78, 5) is 1.04. The molecule has 0 amide bonds. The van der Waals surface area contributed by atoms with Crippen LogP contribution >= 0.6 is 45.3 Å². The van der Waals surface area contributed by atoms with Crippen LogP contribution in [0.3, 0.4) is 0 Å². The van der Waals surface area contributed by atoms with E-state index in [1.807, 2.05) is 28.3 Å². The molecule has 68 valence electrons. The summed E-state index contributed by atoms with van der Waals surface area (Å²) in [6, 6.07) is 3.99. The molecule has 1 unspecified atom stereocenters. The van der Waals surface area contributed by atoms with Crippen LogP contribution in [0, 0.1) is 3.57 Å². The third-order valence-corrected chi connectivity index (χ3v) is 4.73. The normalized spacial score (nSPS) is 13.1. The number of halogens is 1. The second-order valence-electron chi connectivity index (χ2n) is 2.59. The maximum atomic E-state index is 9.96. The number of hydrogen-bond acceptors (Lipinski definition) is 3. The smallest absolute Gasteiger partial charge is 0.115 e. The van der Waals surface area contributed by atoms with Crippen molar-refractivity contribution in [3.05, 3.63) is 42.3 Å². The van der Waals surface area contributed by atoms with Crippen LogP contribution in [0.15, 0.2) is 28.3 Å². The van der Waals surface area contributed by atoms with Gasteiger partial charge in [-0.3, -0.25) is 0 Å². The molecule has 13 heavy (non-hydrogen) atoms. The predicted molar refractivity (Wildman–Crippen MR) is 65.4 cm³/mol. The van der Waals surface area contributed by atoms with Gasteiger partial charge < -0.3 is 5.11 Å². The summed E-state index contributed by atoms with van der Waals surface area (Å²) in [5.74, 6) is 0. The number of thiophene rings is 2. The average molecular weight is 322 g/mol. The van der Waals surface area contributed by atoms with E-state index in [2.05, 4.69) is 22.6 Å². The molecule has 0 aromatic carbocycles. The summed E-state index contributed by atoms with van der Waals surface area (Å²) in [6.07, 6.45) is -0.446. The molecule has 0 radical (unpaired) electrons. The van der Waals surface area contributed by atoms with Crippen molar-refractivity contribution in [3.8, 4) is 0 Å². The van der Waals surface area contributed by atoms with E-state index in [0.29, 0.717) is 0 Å². The lowest BCUT2D eigenvalue weighted by molar-refractivity contribution is 0.224. The van der Waals surface area contributed by atoms with Crippen LogP contribution in [0.5, 0.6) is 0 Å². The topological polar surface area (TPSA) is 20.2 Å². The quantitative estimate of drug-likeness (QED) is 0.839. The summed E-state index contributed by atoms with van der Waals surface area (Å²) < 4.78 is 1.14. The van der Waals surface area contributed by atoms with Gasteiger partial charge >= 0.3 is 0 Å². The zero-order valence-electron chi connectivity index (χ0n) is 6.61. The molecular formula is C9H7IOS2. The van der Waals surface area contributed by atoms with Crippen LogP contribution in [-0.2, 0) is 0 Å². The second kappa shape index (κ2) is 4.08. The Morgan fingerprint density at radius 1 is 1.31 bits per heavy atom. The average Bonchev–Trinajstić information content (AvgIpc) is 2.72. The number of aliphatic hydroxyl groups is 1. The second-order valence-corrected chi connectivity index (χ2v) is 5.48. The Labute approximate surface area is 98.2 Å². The lowest BCUT2D eigenvalue weighted by Crippen LogP contribution is -1.96. The molecule has 2 rings (SSSR count). The lowest BCUT2D eigenvalue weighted by atomic mass is 10.2. The molecule has 0 bridgehead atoms. The van der Waals surface area contributed by atoms with E-state index in [1.54, 1.807) is 22.7 Å². The standard InChI is InChI=1S/C9H7IOS2/c10-7-2-4-13-9(7)8(11)6-1-3-12-5-6/h1-5,8,11H. The van der Waals surface area contributed by atoms with Gasteiger partial charge in [-0.1, -0.05) is 0 Å².